The Labute approximate surface area is 178 Å². The molecule has 2 aromatic rings. The lowest BCUT2D eigenvalue weighted by molar-refractivity contribution is -0.137. The van der Waals surface area contributed by atoms with Crippen LogP contribution in [-0.2, 0) is 10.9 Å². The average molecular weight is 438 g/mol. The van der Waals surface area contributed by atoms with Gasteiger partial charge in [0.15, 0.2) is 0 Å². The molecule has 1 fully saturated rings. The van der Waals surface area contributed by atoms with Gasteiger partial charge in [-0.05, 0) is 32.0 Å². The number of halogens is 3. The van der Waals surface area contributed by atoms with Crippen molar-refractivity contribution in [3.8, 4) is 11.5 Å². The first kappa shape index (κ1) is 22.7. The van der Waals surface area contributed by atoms with Crippen molar-refractivity contribution in [1.29, 1.82) is 0 Å². The van der Waals surface area contributed by atoms with Crippen LogP contribution in [0, 0.1) is 0 Å². The minimum atomic E-state index is -4.53. The second-order valence-corrected chi connectivity index (χ2v) is 6.81. The minimum Gasteiger partial charge on any atom is -0.492 e. The van der Waals surface area contributed by atoms with Crippen LogP contribution in [0.1, 0.15) is 29.8 Å². The average Bonchev–Trinajstić information content (AvgIpc) is 2.76. The first-order chi connectivity index (χ1) is 14.8. The third-order valence-corrected chi connectivity index (χ3v) is 4.71. The van der Waals surface area contributed by atoms with Gasteiger partial charge in [-0.15, -0.1) is 0 Å². The summed E-state index contributed by atoms with van der Waals surface area (Å²) in [5, 5.41) is 2.66. The van der Waals surface area contributed by atoms with Gasteiger partial charge in [0.2, 0.25) is 0 Å². The summed E-state index contributed by atoms with van der Waals surface area (Å²) in [4.78, 5) is 14.8. The minimum absolute atomic E-state index is 0.104. The standard InChI is InChI=1S/C22H25F3N2O4/c1-3-30-19-14-18(27-8-10-29-11-9-27)20(31-4-2)13-17(19)26-21(28)15-6-5-7-16(12-15)22(23,24)25/h5-7,12-14H,3-4,8-11H2,1-2H3,(H,26,28). The van der Waals surface area contributed by atoms with Gasteiger partial charge in [-0.3, -0.25) is 4.79 Å². The van der Waals surface area contributed by atoms with Gasteiger partial charge in [-0.25, -0.2) is 0 Å². The van der Waals surface area contributed by atoms with Crippen LogP contribution >= 0.6 is 0 Å². The van der Waals surface area contributed by atoms with Crippen molar-refractivity contribution in [3.05, 3.63) is 47.5 Å². The van der Waals surface area contributed by atoms with Crippen LogP contribution in [0.3, 0.4) is 0 Å². The lowest BCUT2D eigenvalue weighted by Crippen LogP contribution is -2.36. The number of anilines is 2. The lowest BCUT2D eigenvalue weighted by atomic mass is 10.1. The molecule has 2 aromatic carbocycles. The Morgan fingerprint density at radius 2 is 1.74 bits per heavy atom. The smallest absolute Gasteiger partial charge is 0.416 e. The summed E-state index contributed by atoms with van der Waals surface area (Å²) in [6.07, 6.45) is -4.53. The van der Waals surface area contributed by atoms with Crippen molar-refractivity contribution in [2.45, 2.75) is 20.0 Å². The van der Waals surface area contributed by atoms with Crippen molar-refractivity contribution in [1.82, 2.24) is 0 Å². The van der Waals surface area contributed by atoms with E-state index >= 15 is 0 Å². The molecule has 0 aromatic heterocycles. The Bertz CT molecular complexity index is 912. The Kier molecular flexibility index (Phi) is 7.27. The van der Waals surface area contributed by atoms with Crippen LogP contribution in [0.2, 0.25) is 0 Å². The number of hydrogen-bond donors (Lipinski definition) is 1. The monoisotopic (exact) mass is 438 g/mol. The van der Waals surface area contributed by atoms with Gasteiger partial charge < -0.3 is 24.4 Å². The Morgan fingerprint density at radius 1 is 1.06 bits per heavy atom. The van der Waals surface area contributed by atoms with E-state index in [4.69, 9.17) is 14.2 Å². The van der Waals surface area contributed by atoms with Crippen molar-refractivity contribution >= 4 is 17.3 Å². The number of benzene rings is 2. The van der Waals surface area contributed by atoms with E-state index in [-0.39, 0.29) is 5.56 Å². The van der Waals surface area contributed by atoms with Gasteiger partial charge in [-0.2, -0.15) is 13.2 Å². The van der Waals surface area contributed by atoms with Gasteiger partial charge in [0.25, 0.3) is 5.91 Å². The number of nitrogens with zero attached hydrogens (tertiary/aromatic N) is 1. The molecule has 0 radical (unpaired) electrons. The Balaban J connectivity index is 1.94. The number of amides is 1. The predicted octanol–water partition coefficient (Wildman–Crippen LogP) is 4.59. The number of ether oxygens (including phenoxy) is 3. The van der Waals surface area contributed by atoms with Crippen molar-refractivity contribution < 1.29 is 32.2 Å². The van der Waals surface area contributed by atoms with E-state index in [1.807, 2.05) is 13.8 Å². The van der Waals surface area contributed by atoms with E-state index in [0.29, 0.717) is 56.7 Å². The molecule has 168 valence electrons. The van der Waals surface area contributed by atoms with Crippen LogP contribution in [0.5, 0.6) is 11.5 Å². The molecule has 1 saturated heterocycles. The zero-order valence-electron chi connectivity index (χ0n) is 17.4. The van der Waals surface area contributed by atoms with Crippen molar-refractivity contribution in [2.24, 2.45) is 0 Å². The fourth-order valence-electron chi connectivity index (χ4n) is 3.28. The SMILES string of the molecule is CCOc1cc(N2CCOCC2)c(OCC)cc1NC(=O)c1cccc(C(F)(F)F)c1. The summed E-state index contributed by atoms with van der Waals surface area (Å²) >= 11 is 0. The maximum absolute atomic E-state index is 13.0. The molecular formula is C22H25F3N2O4. The van der Waals surface area contributed by atoms with E-state index in [1.165, 1.54) is 12.1 Å². The number of rotatable bonds is 7. The molecule has 31 heavy (non-hydrogen) atoms. The van der Waals surface area contributed by atoms with Gasteiger partial charge in [-0.1, -0.05) is 6.07 Å². The molecule has 1 aliphatic heterocycles. The molecule has 0 saturated carbocycles. The van der Waals surface area contributed by atoms with Gasteiger partial charge in [0, 0.05) is 30.8 Å². The molecule has 1 amide bonds. The summed E-state index contributed by atoms with van der Waals surface area (Å²) in [5.74, 6) is 0.286. The van der Waals surface area contributed by atoms with Crippen LogP contribution < -0.4 is 19.7 Å². The predicted molar refractivity (Wildman–Crippen MR) is 111 cm³/mol. The topological polar surface area (TPSA) is 60.0 Å². The number of nitrogens with one attached hydrogen (secondary N) is 1. The molecule has 0 unspecified atom stereocenters. The molecule has 6 nitrogen and oxygen atoms in total. The lowest BCUT2D eigenvalue weighted by Gasteiger charge is -2.31. The van der Waals surface area contributed by atoms with E-state index in [2.05, 4.69) is 10.2 Å². The van der Waals surface area contributed by atoms with E-state index in [0.717, 1.165) is 17.8 Å². The first-order valence-electron chi connectivity index (χ1n) is 10.1. The summed E-state index contributed by atoms with van der Waals surface area (Å²) < 4.78 is 55.9. The highest BCUT2D eigenvalue weighted by molar-refractivity contribution is 6.05. The molecule has 0 bridgehead atoms. The first-order valence-corrected chi connectivity index (χ1v) is 10.1. The maximum atomic E-state index is 13.0. The summed E-state index contributed by atoms with van der Waals surface area (Å²) in [6.45, 7) is 6.95. The quantitative estimate of drug-likeness (QED) is 0.685. The molecule has 0 spiro atoms. The largest absolute Gasteiger partial charge is 0.492 e. The number of hydrogen-bond acceptors (Lipinski definition) is 5. The highest BCUT2D eigenvalue weighted by atomic mass is 19.4. The van der Waals surface area contributed by atoms with E-state index in [1.54, 1.807) is 12.1 Å². The van der Waals surface area contributed by atoms with Crippen molar-refractivity contribution in [2.75, 3.05) is 49.7 Å². The number of carbonyl (C=O) groups is 1. The molecule has 1 heterocycles. The maximum Gasteiger partial charge on any atom is 0.416 e. The normalized spacial score (nSPS) is 14.3. The fourth-order valence-corrected chi connectivity index (χ4v) is 3.28. The van der Waals surface area contributed by atoms with Crippen LogP contribution in [0.15, 0.2) is 36.4 Å². The number of alkyl halides is 3. The van der Waals surface area contributed by atoms with Gasteiger partial charge >= 0.3 is 6.18 Å². The molecule has 3 rings (SSSR count). The molecule has 1 N–H and O–H groups in total. The molecule has 9 heteroatoms. The van der Waals surface area contributed by atoms with Crippen LogP contribution in [0.25, 0.3) is 0 Å². The van der Waals surface area contributed by atoms with Crippen molar-refractivity contribution in [3.63, 3.8) is 0 Å². The van der Waals surface area contributed by atoms with Crippen LogP contribution in [0.4, 0.5) is 24.5 Å². The van der Waals surface area contributed by atoms with Crippen LogP contribution in [-0.4, -0.2) is 45.4 Å². The Hall–Kier alpha value is -2.94. The molecular weight excluding hydrogens is 413 g/mol. The molecule has 1 aliphatic rings. The van der Waals surface area contributed by atoms with E-state index in [9.17, 15) is 18.0 Å². The highest BCUT2D eigenvalue weighted by Gasteiger charge is 2.31. The number of morpholine rings is 1. The highest BCUT2D eigenvalue weighted by Crippen LogP contribution is 2.39. The third-order valence-electron chi connectivity index (χ3n) is 4.71. The Morgan fingerprint density at radius 3 is 2.39 bits per heavy atom. The second-order valence-electron chi connectivity index (χ2n) is 6.81. The molecule has 0 aliphatic carbocycles. The zero-order valence-corrected chi connectivity index (χ0v) is 17.4. The fraction of sp³-hybridized carbons (Fsp3) is 0.409. The van der Waals surface area contributed by atoms with Gasteiger partial charge in [0.1, 0.15) is 11.5 Å². The molecule has 0 atom stereocenters. The van der Waals surface area contributed by atoms with E-state index < -0.39 is 17.6 Å². The zero-order chi connectivity index (χ0) is 22.4. The second kappa shape index (κ2) is 9.91. The number of carbonyl (C=O) groups excluding carboxylic acids is 1. The summed E-state index contributed by atoms with van der Waals surface area (Å²) in [7, 11) is 0. The summed E-state index contributed by atoms with van der Waals surface area (Å²) in [5.41, 5.74) is 0.144. The third kappa shape index (κ3) is 5.61. The summed E-state index contributed by atoms with van der Waals surface area (Å²) in [6, 6.07) is 7.70. The van der Waals surface area contributed by atoms with Gasteiger partial charge in [0.05, 0.1) is 43.4 Å².